The van der Waals surface area contributed by atoms with Gasteiger partial charge in [0.15, 0.2) is 5.69 Å². The topological polar surface area (TPSA) is 67.6 Å². The predicted octanol–water partition coefficient (Wildman–Crippen LogP) is 4.67. The SMILES string of the molecule is [15N]#[13C][13c]1nn(-c2c(Cl)cc(C(F)(F)F)cc2Cl)[13c]([15NH2])[13c]1C(F)(F)F. The second-order valence-corrected chi connectivity index (χ2v) is 5.23. The Morgan fingerprint density at radius 1 is 1.04 bits per heavy atom. The van der Waals surface area contributed by atoms with Gasteiger partial charge in [0, 0.05) is 0 Å². The Bertz CT molecular complexity index is 824. The lowest BCUT2D eigenvalue weighted by atomic mass is 10.2. The van der Waals surface area contributed by atoms with Crippen LogP contribution in [0.1, 0.15) is 16.8 Å². The number of nitrogens with two attached hydrogens (primary N) is 1. The van der Waals surface area contributed by atoms with Crippen LogP contribution in [0.3, 0.4) is 0 Å². The summed E-state index contributed by atoms with van der Waals surface area (Å²) in [5, 5.41) is 10.8. The number of halogens is 8. The van der Waals surface area contributed by atoms with Crippen molar-refractivity contribution in [2.45, 2.75) is 12.4 Å². The van der Waals surface area contributed by atoms with Gasteiger partial charge < -0.3 is 5.73 Å². The molecule has 2 aromatic rings. The number of hydrogen-bond donors (Lipinski definition) is 1. The smallest absolute Gasteiger partial charge is 0.383 e. The first-order valence-electron chi connectivity index (χ1n) is 5.80. The average molecular weight is 395 g/mol. The molecule has 4 nitrogen and oxygen atoms in total. The fourth-order valence-corrected chi connectivity index (χ4v) is 2.54. The fraction of sp³-hybridized carbons (Fsp3) is 0.167. The van der Waals surface area contributed by atoms with Crippen molar-refractivity contribution >= 4 is 29.0 Å². The number of rotatable bonds is 1. The van der Waals surface area contributed by atoms with Crippen LogP contribution in [-0.4, -0.2) is 9.78 Å². The maximum absolute atomic E-state index is 12.9. The average Bonchev–Trinajstić information content (AvgIpc) is 2.74. The quantitative estimate of drug-likeness (QED) is 0.434. The van der Waals surface area contributed by atoms with Crippen LogP contribution in [-0.2, 0) is 12.4 Å². The van der Waals surface area contributed by atoms with Crippen LogP contribution >= 0.6 is 23.2 Å². The second-order valence-electron chi connectivity index (χ2n) is 4.42. The van der Waals surface area contributed by atoms with E-state index in [0.717, 1.165) is 0 Å². The zero-order chi connectivity index (χ0) is 18.4. The van der Waals surface area contributed by atoms with Crippen LogP contribution in [0.4, 0.5) is 32.2 Å². The summed E-state index contributed by atoms with van der Waals surface area (Å²) >= 11 is 11.4. The maximum Gasteiger partial charge on any atom is 0.422 e. The van der Waals surface area contributed by atoms with E-state index < -0.39 is 50.7 Å². The summed E-state index contributed by atoms with van der Waals surface area (Å²) in [5.41, 5.74) is 1.05. The largest absolute Gasteiger partial charge is 0.422 e. The van der Waals surface area contributed by atoms with E-state index in [1.54, 1.807) is 0 Å². The summed E-state index contributed by atoms with van der Waals surface area (Å²) in [4.78, 5) is 0. The van der Waals surface area contributed by atoms with Crippen molar-refractivity contribution in [3.63, 3.8) is 0 Å². The Morgan fingerprint density at radius 2 is 1.54 bits per heavy atom. The first-order chi connectivity index (χ1) is 10.9. The number of alkyl halides is 6. The molecule has 0 unspecified atom stereocenters. The predicted molar refractivity (Wildman–Crippen MR) is 72.7 cm³/mol. The van der Waals surface area contributed by atoms with E-state index in [4.69, 9.17) is 34.2 Å². The Kier molecular flexibility index (Phi) is 4.37. The van der Waals surface area contributed by atoms with Gasteiger partial charge in [-0.05, 0) is 12.1 Å². The molecule has 12 heteroatoms. The van der Waals surface area contributed by atoms with Gasteiger partial charge in [-0.1, -0.05) is 23.2 Å². The van der Waals surface area contributed by atoms with Crippen LogP contribution in [0.2, 0.25) is 10.0 Å². The van der Waals surface area contributed by atoms with Gasteiger partial charge in [0.05, 0.1) is 15.6 Å². The number of benzene rings is 1. The van der Waals surface area contributed by atoms with Gasteiger partial charge in [0.25, 0.3) is 0 Å². The monoisotopic (exact) mass is 394 g/mol. The molecule has 0 aliphatic rings. The summed E-state index contributed by atoms with van der Waals surface area (Å²) in [6.07, 6.45) is -9.77. The van der Waals surface area contributed by atoms with E-state index in [2.05, 4.69) is 5.10 Å². The lowest BCUT2D eigenvalue weighted by Gasteiger charge is -2.13. The molecule has 128 valence electrons. The van der Waals surface area contributed by atoms with Gasteiger partial charge in [0.1, 0.15) is 23.1 Å². The van der Waals surface area contributed by atoms with E-state index in [1.165, 1.54) is 6.07 Å². The van der Waals surface area contributed by atoms with E-state index >= 15 is 0 Å². The molecule has 0 fully saturated rings. The molecule has 0 aliphatic heterocycles. The minimum Gasteiger partial charge on any atom is -0.383 e. The number of aromatic nitrogens is 2. The van der Waals surface area contributed by atoms with E-state index in [9.17, 15) is 26.3 Å². The Labute approximate surface area is 140 Å². The van der Waals surface area contributed by atoms with Gasteiger partial charge in [-0.2, -0.15) is 36.7 Å². The third kappa shape index (κ3) is 3.09. The molecule has 24 heavy (non-hydrogen) atoms. The lowest BCUT2D eigenvalue weighted by molar-refractivity contribution is -0.138. The molecular formula is C12H4Cl2F6N4. The second kappa shape index (κ2) is 5.75. The van der Waals surface area contributed by atoms with E-state index in [0.29, 0.717) is 16.8 Å². The third-order valence-corrected chi connectivity index (χ3v) is 3.44. The fourth-order valence-electron chi connectivity index (χ4n) is 1.89. The van der Waals surface area contributed by atoms with Crippen molar-refractivity contribution in [3.05, 3.63) is 39.0 Å². The van der Waals surface area contributed by atoms with Gasteiger partial charge in [-0.3, -0.25) is 0 Å². The van der Waals surface area contributed by atoms with Crippen molar-refractivity contribution in [2.75, 3.05) is 5.73 Å². The molecule has 1 heterocycles. The molecule has 0 saturated heterocycles. The maximum atomic E-state index is 12.9. The highest BCUT2D eigenvalue weighted by Crippen LogP contribution is 2.41. The normalized spacial score (nSPS) is 12.3. The van der Waals surface area contributed by atoms with Gasteiger partial charge >= 0.3 is 12.4 Å². The third-order valence-electron chi connectivity index (χ3n) is 2.87. The first kappa shape index (κ1) is 18.2. The highest BCUT2D eigenvalue weighted by Gasteiger charge is 2.40. The Hall–Kier alpha value is -2.12. The molecule has 0 spiro atoms. The molecule has 1 aromatic carbocycles. The van der Waals surface area contributed by atoms with Crippen LogP contribution in [0.5, 0.6) is 0 Å². The van der Waals surface area contributed by atoms with Gasteiger partial charge in [-0.25, -0.2) is 4.68 Å². The molecule has 2 rings (SSSR count). The van der Waals surface area contributed by atoms with Crippen molar-refractivity contribution in [1.82, 2.24) is 9.78 Å². The Balaban J connectivity index is 2.76. The molecule has 0 amide bonds. The molecule has 0 aliphatic carbocycles. The molecular weight excluding hydrogens is 391 g/mol. The standard InChI is InChI=1S/C12H4Cl2F6N4/c13-5-1-4(11(15,16)17)2-6(14)9(5)24-10(22)8(12(18,19)20)7(3-21)23-24/h1-2H,22H2/i3+1,7+1,8+1,10+1,21+1,22+1. The Morgan fingerprint density at radius 3 is 1.88 bits per heavy atom. The molecule has 0 bridgehead atoms. The first-order valence-corrected chi connectivity index (χ1v) is 6.56. The van der Waals surface area contributed by atoms with Crippen molar-refractivity contribution in [3.8, 4) is 11.8 Å². The van der Waals surface area contributed by atoms with E-state index in [-0.39, 0.29) is 0 Å². The molecule has 0 saturated carbocycles. The number of anilines is 1. The zero-order valence-corrected chi connectivity index (χ0v) is 12.6. The number of nitrogen functional groups attached to an aromatic ring is 1. The molecule has 0 radical (unpaired) electrons. The minimum atomic E-state index is -5.00. The number of nitrogens with zero attached hydrogens (tertiary/aromatic N) is 3. The molecule has 1 aromatic heterocycles. The minimum absolute atomic E-state index is 0.381. The highest BCUT2D eigenvalue weighted by atomic mass is 35.5. The van der Waals surface area contributed by atoms with Crippen molar-refractivity contribution < 1.29 is 26.3 Å². The summed E-state index contributed by atoms with van der Waals surface area (Å²) in [7, 11) is 0. The van der Waals surface area contributed by atoms with Crippen LogP contribution in [0.15, 0.2) is 12.1 Å². The number of hydrogen-bond acceptors (Lipinski definition) is 3. The van der Waals surface area contributed by atoms with Gasteiger partial charge in [-0.15, -0.1) is 0 Å². The van der Waals surface area contributed by atoms with Crippen molar-refractivity contribution in [1.29, 1.82) is 5.26 Å². The lowest BCUT2D eigenvalue weighted by Crippen LogP contribution is -2.11. The summed E-state index contributed by atoms with van der Waals surface area (Å²) in [6.45, 7) is 0. The molecule has 0 atom stereocenters. The zero-order valence-electron chi connectivity index (χ0n) is 11.1. The van der Waals surface area contributed by atoms with Crippen LogP contribution in [0.25, 0.3) is 5.69 Å². The molecule has 2 N–H and O–H groups in total. The van der Waals surface area contributed by atoms with Crippen LogP contribution < -0.4 is 5.73 Å². The number of nitriles is 1. The van der Waals surface area contributed by atoms with Crippen molar-refractivity contribution in [2.24, 2.45) is 0 Å². The van der Waals surface area contributed by atoms with Gasteiger partial charge in [0.2, 0.25) is 0 Å². The summed E-state index contributed by atoms with van der Waals surface area (Å²) in [5.74, 6) is -1.03. The summed E-state index contributed by atoms with van der Waals surface area (Å²) < 4.78 is 77.3. The van der Waals surface area contributed by atoms with E-state index in [1.807, 2.05) is 0 Å². The summed E-state index contributed by atoms with van der Waals surface area (Å²) in [6, 6.07) is 2.13. The highest BCUT2D eigenvalue weighted by molar-refractivity contribution is 6.38. The van der Waals surface area contributed by atoms with Crippen LogP contribution in [0, 0.1) is 11.3 Å².